The lowest BCUT2D eigenvalue weighted by molar-refractivity contribution is -0.145. The zero-order valence-electron chi connectivity index (χ0n) is 15.5. The van der Waals surface area contributed by atoms with Crippen molar-refractivity contribution in [1.82, 2.24) is 5.32 Å². The molecule has 0 saturated carbocycles. The monoisotopic (exact) mass is 391 g/mol. The molecule has 10 heteroatoms. The van der Waals surface area contributed by atoms with Gasteiger partial charge >= 0.3 is 24.2 Å². The summed E-state index contributed by atoms with van der Waals surface area (Å²) in [7, 11) is 0. The topological polar surface area (TPSA) is 144 Å². The van der Waals surface area contributed by atoms with Crippen molar-refractivity contribution in [3.05, 3.63) is 35.4 Å². The molecule has 0 heterocycles. The van der Waals surface area contributed by atoms with Crippen LogP contribution in [0.15, 0.2) is 24.3 Å². The lowest BCUT2D eigenvalue weighted by Crippen LogP contribution is -2.42. The smallest absolute Gasteiger partial charge is 0.408 e. The van der Waals surface area contributed by atoms with E-state index in [-0.39, 0.29) is 26.1 Å². The number of Topliss-reactive ketones (excluding diaryl/α,β-unsaturated/α-hetero) is 1. The van der Waals surface area contributed by atoms with Gasteiger partial charge in [0.2, 0.25) is 5.78 Å². The minimum Gasteiger partial charge on any atom is -0.464 e. The summed E-state index contributed by atoms with van der Waals surface area (Å²) in [6.07, 6.45) is -0.341. The Bertz CT molecular complexity index is 755. The van der Waals surface area contributed by atoms with Gasteiger partial charge in [0.15, 0.2) is 0 Å². The summed E-state index contributed by atoms with van der Waals surface area (Å²) in [4.78, 5) is 48.7. The van der Waals surface area contributed by atoms with Crippen LogP contribution in [-0.2, 0) is 30.5 Å². The first kappa shape index (κ1) is 22.5. The minimum absolute atomic E-state index is 0.0458. The molecule has 1 aromatic rings. The SMILES string of the molecule is CCOC(=O)[C@H](CCC(=O)C=[N+]=[N-])NC(=O)OCc1ccc(OC(C)=O)cc1. The number of carbonyl (C=O) groups is 4. The highest BCUT2D eigenvalue weighted by molar-refractivity contribution is 6.25. The van der Waals surface area contributed by atoms with Gasteiger partial charge in [0.25, 0.3) is 0 Å². The van der Waals surface area contributed by atoms with Crippen molar-refractivity contribution in [3.8, 4) is 5.75 Å². The number of benzene rings is 1. The second-order valence-corrected chi connectivity index (χ2v) is 5.51. The lowest BCUT2D eigenvalue weighted by Gasteiger charge is -2.16. The van der Waals surface area contributed by atoms with E-state index in [1.165, 1.54) is 6.92 Å². The number of nitrogens with one attached hydrogen (secondary N) is 1. The summed E-state index contributed by atoms with van der Waals surface area (Å²) in [6, 6.07) is 5.24. The van der Waals surface area contributed by atoms with E-state index < -0.39 is 29.9 Å². The maximum Gasteiger partial charge on any atom is 0.408 e. The van der Waals surface area contributed by atoms with Crippen LogP contribution in [0.25, 0.3) is 5.53 Å². The molecule has 0 spiro atoms. The highest BCUT2D eigenvalue weighted by Crippen LogP contribution is 2.13. The summed E-state index contributed by atoms with van der Waals surface area (Å²) in [6.45, 7) is 2.91. The van der Waals surface area contributed by atoms with Gasteiger partial charge in [0.05, 0.1) is 6.61 Å². The van der Waals surface area contributed by atoms with Gasteiger partial charge < -0.3 is 25.1 Å². The molecule has 0 fully saturated rings. The molecule has 10 nitrogen and oxygen atoms in total. The van der Waals surface area contributed by atoms with Gasteiger partial charge in [-0.2, -0.15) is 4.79 Å². The molecule has 0 aromatic heterocycles. The Labute approximate surface area is 161 Å². The fraction of sp³-hybridized carbons (Fsp3) is 0.389. The predicted octanol–water partition coefficient (Wildman–Crippen LogP) is 1.42. The third-order valence-corrected chi connectivity index (χ3v) is 3.30. The molecule has 0 bridgehead atoms. The maximum absolute atomic E-state index is 12.0. The molecule has 1 amide bonds. The quantitative estimate of drug-likeness (QED) is 0.209. The van der Waals surface area contributed by atoms with Crippen molar-refractivity contribution in [1.29, 1.82) is 0 Å². The number of rotatable bonds is 10. The first-order valence-electron chi connectivity index (χ1n) is 8.43. The number of ketones is 1. The van der Waals surface area contributed by atoms with Crippen LogP contribution >= 0.6 is 0 Å². The van der Waals surface area contributed by atoms with Crippen LogP contribution in [0.2, 0.25) is 0 Å². The highest BCUT2D eigenvalue weighted by atomic mass is 16.6. The van der Waals surface area contributed by atoms with Crippen LogP contribution in [0, 0.1) is 0 Å². The third kappa shape index (κ3) is 8.72. The molecule has 1 N–H and O–H groups in total. The Morgan fingerprint density at radius 2 is 1.86 bits per heavy atom. The Kier molecular flexibility index (Phi) is 9.63. The largest absolute Gasteiger partial charge is 0.464 e. The normalized spacial score (nSPS) is 10.8. The van der Waals surface area contributed by atoms with Gasteiger partial charge in [-0.3, -0.25) is 9.59 Å². The number of esters is 2. The van der Waals surface area contributed by atoms with Gasteiger partial charge in [0, 0.05) is 13.3 Å². The first-order chi connectivity index (χ1) is 13.3. The van der Waals surface area contributed by atoms with Crippen LogP contribution in [0.4, 0.5) is 4.79 Å². The van der Waals surface area contributed by atoms with Crippen LogP contribution in [0.3, 0.4) is 0 Å². The molecule has 0 aliphatic rings. The second-order valence-electron chi connectivity index (χ2n) is 5.51. The molecule has 1 aromatic carbocycles. The van der Waals surface area contributed by atoms with Crippen LogP contribution in [-0.4, -0.2) is 47.5 Å². The average Bonchev–Trinajstić information content (AvgIpc) is 2.64. The van der Waals surface area contributed by atoms with E-state index in [0.717, 1.165) is 0 Å². The van der Waals surface area contributed by atoms with Gasteiger partial charge in [-0.25, -0.2) is 9.59 Å². The molecule has 0 saturated heterocycles. The zero-order valence-corrected chi connectivity index (χ0v) is 15.5. The third-order valence-electron chi connectivity index (χ3n) is 3.30. The zero-order chi connectivity index (χ0) is 20.9. The van der Waals surface area contributed by atoms with Gasteiger partial charge in [-0.1, -0.05) is 12.1 Å². The van der Waals surface area contributed by atoms with Crippen molar-refractivity contribution < 1.29 is 38.2 Å². The van der Waals surface area contributed by atoms with Gasteiger partial charge in [0.1, 0.15) is 18.4 Å². The Balaban J connectivity index is 2.58. The number of hydrogen-bond donors (Lipinski definition) is 1. The molecule has 0 aliphatic heterocycles. The highest BCUT2D eigenvalue weighted by Gasteiger charge is 2.24. The fourth-order valence-electron chi connectivity index (χ4n) is 2.06. The van der Waals surface area contributed by atoms with Gasteiger partial charge in [-0.15, -0.1) is 0 Å². The predicted molar refractivity (Wildman–Crippen MR) is 95.4 cm³/mol. The molecule has 0 aliphatic carbocycles. The summed E-state index contributed by atoms with van der Waals surface area (Å²) >= 11 is 0. The Hall–Kier alpha value is -3.52. The molecule has 28 heavy (non-hydrogen) atoms. The maximum atomic E-state index is 12.0. The molecule has 0 unspecified atom stereocenters. The molecular formula is C18H21N3O7. The van der Waals surface area contributed by atoms with E-state index >= 15 is 0 Å². The molecular weight excluding hydrogens is 370 g/mol. The fourth-order valence-corrected chi connectivity index (χ4v) is 2.06. The van der Waals surface area contributed by atoms with E-state index in [9.17, 15) is 19.2 Å². The molecule has 0 radical (unpaired) electrons. The van der Waals surface area contributed by atoms with E-state index in [1.54, 1.807) is 31.2 Å². The first-order valence-corrected chi connectivity index (χ1v) is 8.43. The van der Waals surface area contributed by atoms with Gasteiger partial charge in [-0.05, 0) is 31.0 Å². The van der Waals surface area contributed by atoms with E-state index in [0.29, 0.717) is 17.5 Å². The number of amides is 1. The number of ether oxygens (including phenoxy) is 3. The minimum atomic E-state index is -1.09. The summed E-state index contributed by atoms with van der Waals surface area (Å²) < 4.78 is 14.8. The summed E-state index contributed by atoms with van der Waals surface area (Å²) in [5.74, 6) is -1.31. The average molecular weight is 391 g/mol. The number of hydrogen-bond acceptors (Lipinski definition) is 7. The van der Waals surface area contributed by atoms with Crippen LogP contribution in [0.1, 0.15) is 32.3 Å². The van der Waals surface area contributed by atoms with Crippen molar-refractivity contribution >= 4 is 30.0 Å². The Morgan fingerprint density at radius 1 is 1.18 bits per heavy atom. The molecule has 1 atom stereocenters. The van der Waals surface area contributed by atoms with Crippen molar-refractivity contribution in [2.75, 3.05) is 6.61 Å². The van der Waals surface area contributed by atoms with Crippen molar-refractivity contribution in [2.45, 2.75) is 39.3 Å². The van der Waals surface area contributed by atoms with Crippen LogP contribution < -0.4 is 10.1 Å². The molecule has 150 valence electrons. The standard InChI is InChI=1S/C18H21N3O7/c1-3-26-17(24)16(9-6-14(23)10-20-19)21-18(25)27-11-13-4-7-15(8-5-13)28-12(2)22/h4-5,7-8,10,16H,3,6,9,11H2,1-2H3,(H,21,25)/t16-/m0/s1. The summed E-state index contributed by atoms with van der Waals surface area (Å²) in [5, 5.41) is 2.34. The number of carbonyl (C=O) groups excluding carboxylic acids is 4. The number of alkyl carbamates (subject to hydrolysis) is 1. The van der Waals surface area contributed by atoms with Crippen LogP contribution in [0.5, 0.6) is 5.75 Å². The summed E-state index contributed by atoms with van der Waals surface area (Å²) in [5.41, 5.74) is 8.95. The van der Waals surface area contributed by atoms with E-state index in [1.807, 2.05) is 0 Å². The van der Waals surface area contributed by atoms with E-state index in [2.05, 4.69) is 10.1 Å². The lowest BCUT2D eigenvalue weighted by atomic mass is 10.1. The van der Waals surface area contributed by atoms with Crippen molar-refractivity contribution in [3.63, 3.8) is 0 Å². The van der Waals surface area contributed by atoms with Crippen molar-refractivity contribution in [2.24, 2.45) is 0 Å². The van der Waals surface area contributed by atoms with E-state index in [4.69, 9.17) is 19.7 Å². The number of nitrogens with zero attached hydrogens (tertiary/aromatic N) is 2. The second kappa shape index (κ2) is 12.0. The Morgan fingerprint density at radius 3 is 2.43 bits per heavy atom. The molecule has 1 rings (SSSR count).